The predicted octanol–water partition coefficient (Wildman–Crippen LogP) is 2.91. The summed E-state index contributed by atoms with van der Waals surface area (Å²) in [6.45, 7) is 0.695. The van der Waals surface area contributed by atoms with Crippen molar-refractivity contribution in [1.29, 1.82) is 0 Å². The molecule has 0 radical (unpaired) electrons. The highest BCUT2D eigenvalue weighted by molar-refractivity contribution is 7.22. The van der Waals surface area contributed by atoms with Crippen LogP contribution in [0.5, 0.6) is 0 Å². The molecular weight excluding hydrogens is 277 g/mol. The Kier molecular flexibility index (Phi) is 3.82. The van der Waals surface area contributed by atoms with E-state index in [2.05, 4.69) is 15.6 Å². The summed E-state index contributed by atoms with van der Waals surface area (Å²) in [5.74, 6) is -0.147. The summed E-state index contributed by atoms with van der Waals surface area (Å²) in [5, 5.41) is 6.91. The van der Waals surface area contributed by atoms with Crippen molar-refractivity contribution in [2.75, 3.05) is 11.9 Å². The standard InChI is InChI=1S/C14H16FN3OS/c15-9-3-6-12-11(8-9)18-14(20-12)16-7-1-2-13(19)17-10-4-5-10/h3,6,8,10H,1-2,4-5,7H2,(H,16,18)(H,17,19). The number of carbonyl (C=O) groups is 1. The average molecular weight is 293 g/mol. The van der Waals surface area contributed by atoms with Crippen LogP contribution in [-0.4, -0.2) is 23.5 Å². The highest BCUT2D eigenvalue weighted by Crippen LogP contribution is 2.26. The molecule has 1 aliphatic carbocycles. The number of nitrogens with one attached hydrogen (secondary N) is 2. The molecule has 0 saturated heterocycles. The van der Waals surface area contributed by atoms with Gasteiger partial charge in [0.2, 0.25) is 5.91 Å². The van der Waals surface area contributed by atoms with Crippen LogP contribution in [0.2, 0.25) is 0 Å². The first-order valence-electron chi connectivity index (χ1n) is 6.80. The van der Waals surface area contributed by atoms with Crippen LogP contribution in [0, 0.1) is 5.82 Å². The smallest absolute Gasteiger partial charge is 0.220 e. The van der Waals surface area contributed by atoms with Crippen molar-refractivity contribution in [3.8, 4) is 0 Å². The normalized spacial score (nSPS) is 14.4. The largest absolute Gasteiger partial charge is 0.361 e. The lowest BCUT2D eigenvalue weighted by molar-refractivity contribution is -0.121. The van der Waals surface area contributed by atoms with E-state index in [1.807, 2.05) is 0 Å². The number of amides is 1. The van der Waals surface area contributed by atoms with E-state index in [4.69, 9.17) is 0 Å². The van der Waals surface area contributed by atoms with Crippen LogP contribution < -0.4 is 10.6 Å². The summed E-state index contributed by atoms with van der Waals surface area (Å²) in [6.07, 6.45) is 3.53. The number of rotatable bonds is 6. The Labute approximate surface area is 120 Å². The highest BCUT2D eigenvalue weighted by atomic mass is 32.1. The van der Waals surface area contributed by atoms with Gasteiger partial charge >= 0.3 is 0 Å². The lowest BCUT2D eigenvalue weighted by Gasteiger charge is -2.03. The number of thiazole rings is 1. The zero-order valence-electron chi connectivity index (χ0n) is 11.0. The Morgan fingerprint density at radius 1 is 1.45 bits per heavy atom. The number of hydrogen-bond donors (Lipinski definition) is 2. The van der Waals surface area contributed by atoms with Crippen LogP contribution in [0.4, 0.5) is 9.52 Å². The minimum atomic E-state index is -0.272. The maximum Gasteiger partial charge on any atom is 0.220 e. The molecule has 20 heavy (non-hydrogen) atoms. The molecule has 106 valence electrons. The molecule has 2 aromatic rings. The number of fused-ring (bicyclic) bond motifs is 1. The lowest BCUT2D eigenvalue weighted by Crippen LogP contribution is -2.25. The van der Waals surface area contributed by atoms with Crippen LogP contribution in [0.3, 0.4) is 0 Å². The zero-order chi connectivity index (χ0) is 13.9. The predicted molar refractivity (Wildman–Crippen MR) is 78.5 cm³/mol. The molecule has 1 fully saturated rings. The monoisotopic (exact) mass is 293 g/mol. The number of aromatic nitrogens is 1. The Hall–Kier alpha value is -1.69. The van der Waals surface area contributed by atoms with Crippen molar-refractivity contribution in [3.63, 3.8) is 0 Å². The van der Waals surface area contributed by atoms with Crippen LogP contribution in [0.25, 0.3) is 10.2 Å². The summed E-state index contributed by atoms with van der Waals surface area (Å²) >= 11 is 1.50. The van der Waals surface area contributed by atoms with Crippen molar-refractivity contribution in [2.24, 2.45) is 0 Å². The Balaban J connectivity index is 1.45. The van der Waals surface area contributed by atoms with E-state index in [1.165, 1.54) is 23.5 Å². The molecule has 0 atom stereocenters. The molecule has 6 heteroatoms. The number of benzene rings is 1. The molecule has 1 saturated carbocycles. The molecule has 3 rings (SSSR count). The van der Waals surface area contributed by atoms with Gasteiger partial charge in [0.15, 0.2) is 5.13 Å². The first-order valence-corrected chi connectivity index (χ1v) is 7.62. The zero-order valence-corrected chi connectivity index (χ0v) is 11.8. The molecule has 0 spiro atoms. The molecule has 0 aliphatic heterocycles. The van der Waals surface area contributed by atoms with Crippen LogP contribution in [0.15, 0.2) is 18.2 Å². The molecule has 1 aromatic carbocycles. The minimum Gasteiger partial charge on any atom is -0.361 e. The van der Waals surface area contributed by atoms with Crippen LogP contribution in [0.1, 0.15) is 25.7 Å². The van der Waals surface area contributed by atoms with Crippen molar-refractivity contribution < 1.29 is 9.18 Å². The van der Waals surface area contributed by atoms with Gasteiger partial charge in [-0.1, -0.05) is 11.3 Å². The minimum absolute atomic E-state index is 0.126. The third-order valence-corrected chi connectivity index (χ3v) is 4.14. The van der Waals surface area contributed by atoms with Gasteiger partial charge < -0.3 is 10.6 Å². The quantitative estimate of drug-likeness (QED) is 0.805. The lowest BCUT2D eigenvalue weighted by atomic mass is 10.3. The molecule has 1 aromatic heterocycles. The van der Waals surface area contributed by atoms with E-state index in [0.29, 0.717) is 24.5 Å². The van der Waals surface area contributed by atoms with Crippen molar-refractivity contribution >= 4 is 32.6 Å². The van der Waals surface area contributed by atoms with Gasteiger partial charge in [0, 0.05) is 25.1 Å². The van der Waals surface area contributed by atoms with Gasteiger partial charge in [-0.25, -0.2) is 9.37 Å². The van der Waals surface area contributed by atoms with Crippen LogP contribution >= 0.6 is 11.3 Å². The topological polar surface area (TPSA) is 54.0 Å². The first kappa shape index (κ1) is 13.3. The average Bonchev–Trinajstić information content (AvgIpc) is 3.12. The molecule has 0 unspecified atom stereocenters. The fourth-order valence-electron chi connectivity index (χ4n) is 1.95. The second-order valence-corrected chi connectivity index (χ2v) is 6.03. The highest BCUT2D eigenvalue weighted by Gasteiger charge is 2.22. The van der Waals surface area contributed by atoms with E-state index in [9.17, 15) is 9.18 Å². The van der Waals surface area contributed by atoms with E-state index in [0.717, 1.165) is 29.1 Å². The maximum absolute atomic E-state index is 13.1. The molecular formula is C14H16FN3OS. The molecule has 1 aliphatic rings. The van der Waals surface area contributed by atoms with Gasteiger partial charge in [0.05, 0.1) is 10.2 Å². The summed E-state index contributed by atoms with van der Waals surface area (Å²) < 4.78 is 14.0. The number of hydrogen-bond acceptors (Lipinski definition) is 4. The summed E-state index contributed by atoms with van der Waals surface area (Å²) in [7, 11) is 0. The van der Waals surface area contributed by atoms with Gasteiger partial charge in [-0.05, 0) is 31.4 Å². The molecule has 1 heterocycles. The van der Waals surface area contributed by atoms with E-state index in [-0.39, 0.29) is 11.7 Å². The van der Waals surface area contributed by atoms with E-state index < -0.39 is 0 Å². The third kappa shape index (κ3) is 3.45. The van der Waals surface area contributed by atoms with E-state index in [1.54, 1.807) is 6.07 Å². The number of halogens is 1. The molecule has 2 N–H and O–H groups in total. The Morgan fingerprint density at radius 2 is 2.30 bits per heavy atom. The SMILES string of the molecule is O=C(CCCNc1nc2cc(F)ccc2s1)NC1CC1. The van der Waals surface area contributed by atoms with Gasteiger partial charge in [-0.15, -0.1) is 0 Å². The summed E-state index contributed by atoms with van der Waals surface area (Å²) in [6, 6.07) is 5.03. The Morgan fingerprint density at radius 3 is 3.10 bits per heavy atom. The van der Waals surface area contributed by atoms with Crippen molar-refractivity contribution in [2.45, 2.75) is 31.7 Å². The van der Waals surface area contributed by atoms with Crippen molar-refractivity contribution in [3.05, 3.63) is 24.0 Å². The molecule has 0 bridgehead atoms. The molecule has 1 amide bonds. The maximum atomic E-state index is 13.1. The van der Waals surface area contributed by atoms with Crippen LogP contribution in [-0.2, 0) is 4.79 Å². The fraction of sp³-hybridized carbons (Fsp3) is 0.429. The first-order chi connectivity index (χ1) is 9.70. The number of anilines is 1. The van der Waals surface area contributed by atoms with Gasteiger partial charge in [0.25, 0.3) is 0 Å². The van der Waals surface area contributed by atoms with E-state index >= 15 is 0 Å². The van der Waals surface area contributed by atoms with Gasteiger partial charge in [0.1, 0.15) is 5.82 Å². The number of nitrogens with zero attached hydrogens (tertiary/aromatic N) is 1. The summed E-state index contributed by atoms with van der Waals surface area (Å²) in [4.78, 5) is 15.8. The molecule has 4 nitrogen and oxygen atoms in total. The van der Waals surface area contributed by atoms with Gasteiger partial charge in [-0.2, -0.15) is 0 Å². The third-order valence-electron chi connectivity index (χ3n) is 3.15. The van der Waals surface area contributed by atoms with Crippen molar-refractivity contribution in [1.82, 2.24) is 10.3 Å². The number of carbonyl (C=O) groups excluding carboxylic acids is 1. The fourth-order valence-corrected chi connectivity index (χ4v) is 2.82. The Bertz CT molecular complexity index is 624. The summed E-state index contributed by atoms with van der Waals surface area (Å²) in [5.41, 5.74) is 0.670. The van der Waals surface area contributed by atoms with Gasteiger partial charge in [-0.3, -0.25) is 4.79 Å². The second kappa shape index (κ2) is 5.75. The second-order valence-electron chi connectivity index (χ2n) is 5.00.